The van der Waals surface area contributed by atoms with Crippen LogP contribution in [0.25, 0.3) is 16.9 Å². The number of anilines is 1. The molecule has 2 aliphatic rings. The average Bonchev–Trinajstić information content (AvgIpc) is 3.31. The third kappa shape index (κ3) is 2.80. The van der Waals surface area contributed by atoms with Gasteiger partial charge in [0.05, 0.1) is 11.4 Å². The molecular formula is C21H18N4O4. The summed E-state index contributed by atoms with van der Waals surface area (Å²) in [5.74, 6) is 0.568. The van der Waals surface area contributed by atoms with Gasteiger partial charge in [-0.1, -0.05) is 6.07 Å². The summed E-state index contributed by atoms with van der Waals surface area (Å²) >= 11 is 0. The van der Waals surface area contributed by atoms with Gasteiger partial charge in [0.25, 0.3) is 5.91 Å². The van der Waals surface area contributed by atoms with E-state index in [1.54, 1.807) is 4.68 Å². The summed E-state index contributed by atoms with van der Waals surface area (Å²) < 4.78 is 12.6. The summed E-state index contributed by atoms with van der Waals surface area (Å²) in [4.78, 5) is 23.6. The first-order chi connectivity index (χ1) is 14.0. The predicted octanol–water partition coefficient (Wildman–Crippen LogP) is 2.42. The number of hydrogen-bond acceptors (Lipinski definition) is 5. The number of aryl methyl sites for hydroxylation is 1. The minimum atomic E-state index is -0.567. The number of primary amides is 1. The van der Waals surface area contributed by atoms with Crippen molar-refractivity contribution < 1.29 is 19.1 Å². The normalized spacial score (nSPS) is 13.6. The van der Waals surface area contributed by atoms with Crippen molar-refractivity contribution in [3.8, 4) is 28.4 Å². The maximum absolute atomic E-state index is 12.1. The van der Waals surface area contributed by atoms with Gasteiger partial charge in [-0.3, -0.25) is 9.59 Å². The standard InChI is InChI=1S/C21H18N4O4/c1-11(26)23-13-4-2-12-3-6-15-19(21(22)27)24-25(20(15)16(12)8-13)14-5-7-17-18(9-14)29-10-28-17/h2,4-5,7-9H,3,6,10H2,1H3,(H2,22,27)(H,23,26). The lowest BCUT2D eigenvalue weighted by Gasteiger charge is -2.20. The Balaban J connectivity index is 1.73. The smallest absolute Gasteiger partial charge is 0.269 e. The number of rotatable bonds is 3. The van der Waals surface area contributed by atoms with Crippen LogP contribution < -0.4 is 20.5 Å². The van der Waals surface area contributed by atoms with Crippen LogP contribution >= 0.6 is 0 Å². The fraction of sp³-hybridized carbons (Fsp3) is 0.190. The molecule has 29 heavy (non-hydrogen) atoms. The van der Waals surface area contributed by atoms with Crippen LogP contribution in [-0.2, 0) is 17.6 Å². The SMILES string of the molecule is CC(=O)Nc1ccc2c(c1)-c1c(c(C(N)=O)nn1-c1ccc3c(c1)OCO3)CC2. The maximum atomic E-state index is 12.1. The van der Waals surface area contributed by atoms with Crippen LogP contribution in [-0.4, -0.2) is 28.4 Å². The van der Waals surface area contributed by atoms with Crippen molar-refractivity contribution in [1.29, 1.82) is 0 Å². The van der Waals surface area contributed by atoms with E-state index in [1.807, 2.05) is 36.4 Å². The van der Waals surface area contributed by atoms with Gasteiger partial charge in [-0.2, -0.15) is 5.10 Å². The van der Waals surface area contributed by atoms with Crippen molar-refractivity contribution in [3.05, 3.63) is 53.2 Å². The number of nitrogens with two attached hydrogens (primary N) is 1. The topological polar surface area (TPSA) is 108 Å². The fourth-order valence-corrected chi connectivity index (χ4v) is 3.92. The van der Waals surface area contributed by atoms with E-state index in [4.69, 9.17) is 15.2 Å². The number of ether oxygens (including phenoxy) is 2. The second kappa shape index (κ2) is 6.37. The molecule has 3 aromatic rings. The Labute approximate surface area is 166 Å². The molecule has 2 amide bonds. The predicted molar refractivity (Wildman–Crippen MR) is 105 cm³/mol. The number of nitrogens with zero attached hydrogens (tertiary/aromatic N) is 2. The largest absolute Gasteiger partial charge is 0.454 e. The van der Waals surface area contributed by atoms with Gasteiger partial charge in [-0.15, -0.1) is 0 Å². The zero-order valence-electron chi connectivity index (χ0n) is 15.7. The van der Waals surface area contributed by atoms with Crippen LogP contribution in [0.2, 0.25) is 0 Å². The number of aromatic nitrogens is 2. The molecule has 0 saturated heterocycles. The summed E-state index contributed by atoms with van der Waals surface area (Å²) in [6.07, 6.45) is 1.42. The Kier molecular flexibility index (Phi) is 3.80. The number of fused-ring (bicyclic) bond motifs is 4. The molecule has 2 aromatic carbocycles. The number of hydrogen-bond donors (Lipinski definition) is 2. The van der Waals surface area contributed by atoms with Crippen molar-refractivity contribution in [2.75, 3.05) is 12.1 Å². The molecular weight excluding hydrogens is 372 g/mol. The minimum absolute atomic E-state index is 0.150. The molecule has 1 aliphatic carbocycles. The molecule has 1 aliphatic heterocycles. The zero-order chi connectivity index (χ0) is 20.1. The van der Waals surface area contributed by atoms with Gasteiger partial charge in [0.15, 0.2) is 17.2 Å². The molecule has 0 bridgehead atoms. The Morgan fingerprint density at radius 2 is 1.93 bits per heavy atom. The molecule has 8 heteroatoms. The number of nitrogens with one attached hydrogen (secondary N) is 1. The Hall–Kier alpha value is -3.81. The van der Waals surface area contributed by atoms with E-state index >= 15 is 0 Å². The number of benzene rings is 2. The fourth-order valence-electron chi connectivity index (χ4n) is 3.92. The second-order valence-electron chi connectivity index (χ2n) is 7.04. The molecule has 0 saturated carbocycles. The van der Waals surface area contributed by atoms with Gasteiger partial charge in [0.1, 0.15) is 0 Å². The highest BCUT2D eigenvalue weighted by Gasteiger charge is 2.29. The highest BCUT2D eigenvalue weighted by Crippen LogP contribution is 2.40. The van der Waals surface area contributed by atoms with Crippen molar-refractivity contribution >= 4 is 17.5 Å². The lowest BCUT2D eigenvalue weighted by Crippen LogP contribution is -2.15. The molecule has 0 radical (unpaired) electrons. The quantitative estimate of drug-likeness (QED) is 0.714. The number of carbonyl (C=O) groups is 2. The summed E-state index contributed by atoms with van der Waals surface area (Å²) in [5, 5.41) is 7.35. The number of carbonyl (C=O) groups excluding carboxylic acids is 2. The molecule has 146 valence electrons. The van der Waals surface area contributed by atoms with E-state index in [1.165, 1.54) is 6.92 Å². The summed E-state index contributed by atoms with van der Waals surface area (Å²) in [5.41, 5.74) is 10.9. The van der Waals surface area contributed by atoms with E-state index in [-0.39, 0.29) is 18.4 Å². The molecule has 0 fully saturated rings. The maximum Gasteiger partial charge on any atom is 0.269 e. The van der Waals surface area contributed by atoms with E-state index in [2.05, 4.69) is 10.4 Å². The third-order valence-electron chi connectivity index (χ3n) is 5.15. The molecule has 0 atom stereocenters. The van der Waals surface area contributed by atoms with E-state index in [0.717, 1.165) is 34.5 Å². The Morgan fingerprint density at radius 1 is 1.10 bits per heavy atom. The monoisotopic (exact) mass is 390 g/mol. The van der Waals surface area contributed by atoms with Crippen molar-refractivity contribution in [2.45, 2.75) is 19.8 Å². The molecule has 3 N–H and O–H groups in total. The molecule has 0 spiro atoms. The van der Waals surface area contributed by atoms with Gasteiger partial charge in [-0.25, -0.2) is 4.68 Å². The lowest BCUT2D eigenvalue weighted by atomic mass is 9.88. The van der Waals surface area contributed by atoms with Crippen molar-refractivity contribution in [2.24, 2.45) is 5.73 Å². The van der Waals surface area contributed by atoms with E-state index in [0.29, 0.717) is 23.6 Å². The lowest BCUT2D eigenvalue weighted by molar-refractivity contribution is -0.114. The summed E-state index contributed by atoms with van der Waals surface area (Å²) in [6, 6.07) is 11.3. The Bertz CT molecular complexity index is 1180. The molecule has 8 nitrogen and oxygen atoms in total. The first-order valence-corrected chi connectivity index (χ1v) is 9.24. The first-order valence-electron chi connectivity index (χ1n) is 9.24. The molecule has 2 heterocycles. The van der Waals surface area contributed by atoms with Crippen LogP contribution in [0, 0.1) is 0 Å². The van der Waals surface area contributed by atoms with Gasteiger partial charge in [0.2, 0.25) is 12.7 Å². The van der Waals surface area contributed by atoms with Gasteiger partial charge < -0.3 is 20.5 Å². The summed E-state index contributed by atoms with van der Waals surface area (Å²) in [6.45, 7) is 1.64. The highest BCUT2D eigenvalue weighted by molar-refractivity contribution is 5.96. The van der Waals surface area contributed by atoms with E-state index in [9.17, 15) is 9.59 Å². The molecule has 5 rings (SSSR count). The van der Waals surface area contributed by atoms with Crippen molar-refractivity contribution in [1.82, 2.24) is 9.78 Å². The van der Waals surface area contributed by atoms with Gasteiger partial charge >= 0.3 is 0 Å². The summed E-state index contributed by atoms with van der Waals surface area (Å²) in [7, 11) is 0. The highest BCUT2D eigenvalue weighted by atomic mass is 16.7. The number of amides is 2. The van der Waals surface area contributed by atoms with Crippen LogP contribution in [0.1, 0.15) is 28.5 Å². The van der Waals surface area contributed by atoms with Crippen molar-refractivity contribution in [3.63, 3.8) is 0 Å². The van der Waals surface area contributed by atoms with Gasteiger partial charge in [-0.05, 0) is 42.7 Å². The van der Waals surface area contributed by atoms with E-state index < -0.39 is 5.91 Å². The molecule has 1 aromatic heterocycles. The molecule has 0 unspecified atom stereocenters. The van der Waals surface area contributed by atoms with Crippen LogP contribution in [0.4, 0.5) is 5.69 Å². The second-order valence-corrected chi connectivity index (χ2v) is 7.04. The van der Waals surface area contributed by atoms with Gasteiger partial charge in [0, 0.05) is 29.8 Å². The third-order valence-corrected chi connectivity index (χ3v) is 5.15. The minimum Gasteiger partial charge on any atom is -0.454 e. The zero-order valence-corrected chi connectivity index (χ0v) is 15.7. The first kappa shape index (κ1) is 17.3. The average molecular weight is 390 g/mol. The van der Waals surface area contributed by atoms with Crippen LogP contribution in [0.3, 0.4) is 0 Å². The Morgan fingerprint density at radius 3 is 2.72 bits per heavy atom. The van der Waals surface area contributed by atoms with Crippen LogP contribution in [0.5, 0.6) is 11.5 Å². The van der Waals surface area contributed by atoms with Crippen LogP contribution in [0.15, 0.2) is 36.4 Å².